The lowest BCUT2D eigenvalue weighted by atomic mass is 9.98. The Morgan fingerprint density at radius 1 is 0.908 bits per heavy atom. The van der Waals surface area contributed by atoms with Gasteiger partial charge in [0.2, 0.25) is 0 Å². The van der Waals surface area contributed by atoms with Crippen LogP contribution >= 0.6 is 0 Å². The number of benzene rings is 3. The van der Waals surface area contributed by atoms with Crippen LogP contribution in [0.25, 0.3) is 50.1 Å². The first-order valence-electron chi connectivity index (χ1n) is 21.9. The van der Waals surface area contributed by atoms with Gasteiger partial charge in [-0.3, -0.25) is 33.2 Å². The summed E-state index contributed by atoms with van der Waals surface area (Å²) in [5.74, 6) is 0.0915. The third-order valence-corrected chi connectivity index (χ3v) is 13.7. The number of H-pyrrole nitrogens is 1. The lowest BCUT2D eigenvalue weighted by Crippen LogP contribution is -2.39. The van der Waals surface area contributed by atoms with Crippen LogP contribution in [0.3, 0.4) is 0 Å². The van der Waals surface area contributed by atoms with E-state index in [0.29, 0.717) is 48.0 Å². The first-order valence-corrected chi connectivity index (χ1v) is 21.9. The largest absolute Gasteiger partial charge is 0.438 e. The SMILES string of the molecule is CCc1nccc(-c2ccc3c(c2)cc(C(=O)N2CCc4nn(-c5cccc(C)c5)c(-n5ccn(-c6ccc7c(c6)cc(C)c(=O)n7C)c5=O)c4C2)n3[C@@]2(c3noc(=O)[nH]3)C[C@@H]2C)c1C. The molecule has 6 aromatic heterocycles. The summed E-state index contributed by atoms with van der Waals surface area (Å²) in [6, 6.07) is 25.6. The van der Waals surface area contributed by atoms with Gasteiger partial charge in [0.05, 0.1) is 29.1 Å². The van der Waals surface area contributed by atoms with E-state index < -0.39 is 11.3 Å². The predicted molar refractivity (Wildman–Crippen MR) is 246 cm³/mol. The number of hydrogen-bond donors (Lipinski definition) is 1. The van der Waals surface area contributed by atoms with Crippen molar-refractivity contribution in [3.05, 3.63) is 174 Å². The molecule has 326 valence electrons. The summed E-state index contributed by atoms with van der Waals surface area (Å²) in [4.78, 5) is 64.4. The van der Waals surface area contributed by atoms with Crippen molar-refractivity contribution in [2.24, 2.45) is 13.0 Å². The molecular weight excluding hydrogens is 821 g/mol. The summed E-state index contributed by atoms with van der Waals surface area (Å²) >= 11 is 0. The second-order valence-electron chi connectivity index (χ2n) is 17.6. The number of nitrogens with one attached hydrogen (secondary N) is 1. The molecule has 3 aromatic carbocycles. The van der Waals surface area contributed by atoms with E-state index in [1.165, 1.54) is 0 Å². The van der Waals surface area contributed by atoms with Crippen LogP contribution in [0.15, 0.2) is 116 Å². The van der Waals surface area contributed by atoms with E-state index in [9.17, 15) is 14.4 Å². The number of imidazole rings is 1. The van der Waals surface area contributed by atoms with Gasteiger partial charge in [-0.25, -0.2) is 14.3 Å². The number of fused-ring (bicyclic) bond motifs is 3. The molecule has 0 radical (unpaired) electrons. The van der Waals surface area contributed by atoms with Crippen molar-refractivity contribution in [1.82, 2.24) is 48.1 Å². The lowest BCUT2D eigenvalue weighted by molar-refractivity contribution is 0.0721. The maximum absolute atomic E-state index is 15.4. The molecule has 1 amide bonds. The molecule has 65 heavy (non-hydrogen) atoms. The summed E-state index contributed by atoms with van der Waals surface area (Å²) in [6.45, 7) is 10.6. The molecule has 0 spiro atoms. The molecule has 0 saturated heterocycles. The van der Waals surface area contributed by atoms with Gasteiger partial charge in [-0.1, -0.05) is 37.2 Å². The van der Waals surface area contributed by atoms with Crippen LogP contribution in [0.5, 0.6) is 0 Å². The molecule has 15 heteroatoms. The molecule has 2 atom stereocenters. The van der Waals surface area contributed by atoms with E-state index in [-0.39, 0.29) is 29.6 Å². The average molecular weight is 867 g/mol. The molecule has 0 bridgehead atoms. The quantitative estimate of drug-likeness (QED) is 0.174. The number of aromatic amines is 1. The van der Waals surface area contributed by atoms with Gasteiger partial charge in [-0.05, 0) is 122 Å². The van der Waals surface area contributed by atoms with Crippen LogP contribution in [0.2, 0.25) is 0 Å². The molecule has 1 aliphatic heterocycles. The van der Waals surface area contributed by atoms with E-state index in [1.807, 2.05) is 94.0 Å². The predicted octanol–water partition coefficient (Wildman–Crippen LogP) is 6.83. The first kappa shape index (κ1) is 40.0. The number of hydrogen-bond acceptors (Lipinski definition) is 8. The molecule has 7 heterocycles. The molecule has 2 aliphatic rings. The number of pyridine rings is 2. The van der Waals surface area contributed by atoms with Gasteiger partial charge in [0.25, 0.3) is 11.5 Å². The molecule has 1 N–H and O–H groups in total. The number of aromatic nitrogens is 9. The summed E-state index contributed by atoms with van der Waals surface area (Å²) in [5.41, 5.74) is 9.68. The van der Waals surface area contributed by atoms with Gasteiger partial charge in [0, 0.05) is 71.7 Å². The molecule has 9 aromatic rings. The molecule has 11 rings (SSSR count). The highest BCUT2D eigenvalue weighted by atomic mass is 16.5. The maximum atomic E-state index is 15.4. The Labute approximate surface area is 371 Å². The Morgan fingerprint density at radius 2 is 1.69 bits per heavy atom. The minimum absolute atomic E-state index is 0.0289. The van der Waals surface area contributed by atoms with Crippen molar-refractivity contribution in [3.8, 4) is 28.3 Å². The van der Waals surface area contributed by atoms with Gasteiger partial charge in [-0.15, -0.1) is 0 Å². The fourth-order valence-electron chi connectivity index (χ4n) is 10.2. The number of nitrogens with zero attached hydrogens (tertiary/aromatic N) is 9. The van der Waals surface area contributed by atoms with Crippen molar-refractivity contribution < 1.29 is 9.32 Å². The minimum atomic E-state index is -0.823. The topological polar surface area (TPSA) is 164 Å². The van der Waals surface area contributed by atoms with Crippen LogP contribution in [0.1, 0.15) is 70.2 Å². The monoisotopic (exact) mass is 866 g/mol. The van der Waals surface area contributed by atoms with Gasteiger partial charge < -0.3 is 14.0 Å². The van der Waals surface area contributed by atoms with Crippen LogP contribution in [0.4, 0.5) is 0 Å². The fourth-order valence-corrected chi connectivity index (χ4v) is 10.2. The van der Waals surface area contributed by atoms with Crippen molar-refractivity contribution in [2.75, 3.05) is 6.54 Å². The molecular formula is C50H46N10O5. The van der Waals surface area contributed by atoms with Crippen LogP contribution < -0.4 is 17.0 Å². The van der Waals surface area contributed by atoms with Crippen molar-refractivity contribution in [1.29, 1.82) is 0 Å². The van der Waals surface area contributed by atoms with E-state index in [2.05, 4.69) is 48.0 Å². The molecule has 1 aliphatic carbocycles. The molecule has 1 saturated carbocycles. The standard InChI is InChI=1S/C50H46N10O5/c1-7-39-31(5)37(15-17-51-39)32-11-13-42-34(23-32)25-43(59(42)50(26-30(50)4)47-52-48(63)65-54-47)46(62)56-18-16-40-38(27-56)44(60(53-40)36-10-8-9-28(2)21-36)58-20-19-57(49(58)64)35-12-14-41-33(24-35)22-29(3)45(61)55(41)6/h8-15,17,19-25,30H,7,16,18,26-27H2,1-6H3,(H,52,54,63)/t30-,50-/m0/s1. The Kier molecular flexibility index (Phi) is 9.00. The second-order valence-corrected chi connectivity index (χ2v) is 17.6. The van der Waals surface area contributed by atoms with E-state index in [0.717, 1.165) is 73.1 Å². The normalized spacial score (nSPS) is 17.0. The van der Waals surface area contributed by atoms with Gasteiger partial charge >= 0.3 is 11.4 Å². The second kappa shape index (κ2) is 14.6. The number of carbonyl (C=O) groups is 1. The number of amides is 1. The highest BCUT2D eigenvalue weighted by Crippen LogP contribution is 2.56. The van der Waals surface area contributed by atoms with Crippen molar-refractivity contribution >= 4 is 27.7 Å². The zero-order valence-corrected chi connectivity index (χ0v) is 36.9. The minimum Gasteiger partial charge on any atom is -0.332 e. The summed E-state index contributed by atoms with van der Waals surface area (Å²) in [7, 11) is 1.74. The molecule has 1 fully saturated rings. The Morgan fingerprint density at radius 3 is 2.45 bits per heavy atom. The lowest BCUT2D eigenvalue weighted by Gasteiger charge is -2.29. The smallest absolute Gasteiger partial charge is 0.332 e. The van der Waals surface area contributed by atoms with E-state index in [4.69, 9.17) is 9.62 Å². The highest BCUT2D eigenvalue weighted by molar-refractivity contribution is 6.00. The fraction of sp³-hybridized carbons (Fsp3) is 0.260. The maximum Gasteiger partial charge on any atom is 0.438 e. The average Bonchev–Trinajstić information content (AvgIpc) is 3.79. The highest BCUT2D eigenvalue weighted by Gasteiger charge is 2.59. The third-order valence-electron chi connectivity index (χ3n) is 13.7. The molecule has 0 unspecified atom stereocenters. The first-order chi connectivity index (χ1) is 31.4. The number of rotatable bonds is 8. The van der Waals surface area contributed by atoms with E-state index >= 15 is 4.79 Å². The van der Waals surface area contributed by atoms with Crippen LogP contribution in [-0.2, 0) is 32.0 Å². The zero-order valence-electron chi connectivity index (χ0n) is 36.9. The summed E-state index contributed by atoms with van der Waals surface area (Å²) in [5, 5.41) is 11.0. The van der Waals surface area contributed by atoms with Gasteiger partial charge in [0.15, 0.2) is 5.82 Å². The number of aryl methyl sites for hydroxylation is 4. The molecule has 15 nitrogen and oxygen atoms in total. The Balaban J connectivity index is 1.04. The third kappa shape index (κ3) is 6.12. The summed E-state index contributed by atoms with van der Waals surface area (Å²) < 4.78 is 13.7. The summed E-state index contributed by atoms with van der Waals surface area (Å²) in [6.07, 6.45) is 7.21. The zero-order chi connectivity index (χ0) is 45.1. The number of carbonyl (C=O) groups excluding carboxylic acids is 1. The van der Waals surface area contributed by atoms with Crippen LogP contribution in [-0.4, -0.2) is 60.5 Å². The van der Waals surface area contributed by atoms with Crippen molar-refractivity contribution in [2.45, 2.75) is 66.0 Å². The van der Waals surface area contributed by atoms with Crippen LogP contribution in [0, 0.1) is 26.7 Å². The van der Waals surface area contributed by atoms with E-state index in [1.54, 1.807) is 40.1 Å². The Hall–Kier alpha value is -7.81. The van der Waals surface area contributed by atoms with Gasteiger partial charge in [-0.2, -0.15) is 5.10 Å². The Bertz CT molecular complexity index is 3630. The van der Waals surface area contributed by atoms with Crippen molar-refractivity contribution in [3.63, 3.8) is 0 Å². The van der Waals surface area contributed by atoms with Gasteiger partial charge in [0.1, 0.15) is 17.1 Å².